The van der Waals surface area contributed by atoms with Gasteiger partial charge >= 0.3 is 0 Å². The van der Waals surface area contributed by atoms with Crippen molar-refractivity contribution in [3.8, 4) is 11.1 Å². The van der Waals surface area contributed by atoms with E-state index in [2.05, 4.69) is 235 Å². The van der Waals surface area contributed by atoms with E-state index in [1.165, 1.54) is 77.6 Å². The van der Waals surface area contributed by atoms with Gasteiger partial charge in [0.15, 0.2) is 0 Å². The van der Waals surface area contributed by atoms with E-state index in [9.17, 15) is 0 Å². The topological polar surface area (TPSA) is 36.4 Å². The van der Waals surface area contributed by atoms with Gasteiger partial charge in [0.1, 0.15) is 18.2 Å². The average Bonchev–Trinajstić information content (AvgIpc) is 3.68. The van der Waals surface area contributed by atoms with Crippen LogP contribution in [-0.4, -0.2) is 5.84 Å². The van der Waals surface area contributed by atoms with Gasteiger partial charge in [-0.3, -0.25) is 5.32 Å². The van der Waals surface area contributed by atoms with E-state index in [0.717, 1.165) is 23.4 Å². The highest BCUT2D eigenvalue weighted by atomic mass is 15.3. The Hall–Kier alpha value is -7.59. The molecule has 0 aromatic heterocycles. The Balaban J connectivity index is 0.963. The van der Waals surface area contributed by atoms with Gasteiger partial charge in [-0.25, -0.2) is 4.99 Å². The number of rotatable bonds is 7. The zero-order chi connectivity index (χ0) is 41.7. The van der Waals surface area contributed by atoms with Gasteiger partial charge in [-0.2, -0.15) is 0 Å². The van der Waals surface area contributed by atoms with Crippen molar-refractivity contribution in [2.45, 2.75) is 24.2 Å². The number of aliphatic imine (C=N–C) groups is 1. The number of nitrogens with zero attached hydrogens (tertiary/aromatic N) is 1. The normalized spacial score (nSPS) is 20.9. The predicted molar refractivity (Wildman–Crippen MR) is 260 cm³/mol. The van der Waals surface area contributed by atoms with Crippen molar-refractivity contribution in [2.24, 2.45) is 10.9 Å². The average molecular weight is 808 g/mol. The summed E-state index contributed by atoms with van der Waals surface area (Å²) < 4.78 is 0. The molecule has 1 aliphatic heterocycles. The fourth-order valence-corrected chi connectivity index (χ4v) is 10.7. The van der Waals surface area contributed by atoms with E-state index < -0.39 is 5.41 Å². The summed E-state index contributed by atoms with van der Waals surface area (Å²) in [6, 6.07) is 73.4. The first-order chi connectivity index (χ1) is 31.2. The summed E-state index contributed by atoms with van der Waals surface area (Å²) in [6.45, 7) is 0. The molecule has 0 saturated heterocycles. The van der Waals surface area contributed by atoms with Crippen LogP contribution in [0.2, 0.25) is 0 Å². The summed E-state index contributed by atoms with van der Waals surface area (Å²) in [6.07, 6.45) is 12.1. The quantitative estimate of drug-likeness (QED) is 0.168. The van der Waals surface area contributed by atoms with Gasteiger partial charge < -0.3 is 5.32 Å². The third-order valence-corrected chi connectivity index (χ3v) is 13.6. The Morgan fingerprint density at radius 3 is 2.02 bits per heavy atom. The van der Waals surface area contributed by atoms with Gasteiger partial charge in [-0.15, -0.1) is 0 Å². The second kappa shape index (κ2) is 15.4. The summed E-state index contributed by atoms with van der Waals surface area (Å²) in [7, 11) is 0. The lowest BCUT2D eigenvalue weighted by Gasteiger charge is -2.34. The molecule has 3 aliphatic carbocycles. The fraction of sp³-hybridized carbons (Fsp3) is 0.0833. The van der Waals surface area contributed by atoms with Crippen LogP contribution in [0.15, 0.2) is 241 Å². The Morgan fingerprint density at radius 1 is 0.524 bits per heavy atom. The summed E-state index contributed by atoms with van der Waals surface area (Å²) in [4.78, 5) is 5.23. The van der Waals surface area contributed by atoms with Crippen LogP contribution in [0.4, 0.5) is 0 Å². The van der Waals surface area contributed by atoms with E-state index in [1.807, 2.05) is 6.07 Å². The highest BCUT2D eigenvalue weighted by molar-refractivity contribution is 6.04. The van der Waals surface area contributed by atoms with Gasteiger partial charge in [0.2, 0.25) is 0 Å². The van der Waals surface area contributed by atoms with Crippen molar-refractivity contribution in [3.05, 3.63) is 286 Å². The molecule has 8 aromatic carbocycles. The third-order valence-electron chi connectivity index (χ3n) is 13.6. The minimum atomic E-state index is -0.472. The SMILES string of the molecule is C1=CCC2C(=C1)C=CC(c1ccc(C3(c4ccccc4)c4ccccc4-c4c3ccc3ccccc43)cc1)=C2c1ccc(C2N=C(c3ccccc3)NC(c3ccccc3)N2)cc1. The number of hydrogen-bond donors (Lipinski definition) is 2. The molecule has 4 unspecified atom stereocenters. The van der Waals surface area contributed by atoms with Crippen LogP contribution in [-0.2, 0) is 5.41 Å². The summed E-state index contributed by atoms with van der Waals surface area (Å²) in [5, 5.41) is 10.0. The number of benzene rings is 8. The van der Waals surface area contributed by atoms with Crippen molar-refractivity contribution in [1.29, 1.82) is 0 Å². The molecule has 300 valence electrons. The molecule has 3 heteroatoms. The summed E-state index contributed by atoms with van der Waals surface area (Å²) >= 11 is 0. The predicted octanol–water partition coefficient (Wildman–Crippen LogP) is 13.5. The standard InChI is InChI=1S/C60H45N3/c1-4-18-44(19-5-1)57-61-58(45-20-6-2-7-21-45)63-59(62-57)46-30-28-43(29-31-46)55-49-24-12-10-16-40(49)34-38-51(55)42-32-36-48(37-33-42)60(47-22-8-3-9-23-47)53-27-15-14-26-52(53)56-50-25-13-11-17-41(50)35-39-54(56)60/h1-23,25-39,49,57,59,62H,24H2,(H,61,63). The summed E-state index contributed by atoms with van der Waals surface area (Å²) in [5.74, 6) is 1.15. The van der Waals surface area contributed by atoms with Crippen LogP contribution < -0.4 is 10.6 Å². The number of allylic oxidation sites excluding steroid dienone is 8. The van der Waals surface area contributed by atoms with Crippen molar-refractivity contribution < 1.29 is 0 Å². The zero-order valence-electron chi connectivity index (χ0n) is 34.8. The molecular formula is C60H45N3. The lowest BCUT2D eigenvalue weighted by atomic mass is 9.67. The first-order valence-electron chi connectivity index (χ1n) is 22.1. The van der Waals surface area contributed by atoms with Crippen molar-refractivity contribution >= 4 is 27.8 Å². The molecule has 0 bridgehead atoms. The maximum atomic E-state index is 5.23. The Morgan fingerprint density at radius 2 is 1.21 bits per heavy atom. The highest BCUT2D eigenvalue weighted by Crippen LogP contribution is 2.58. The van der Waals surface area contributed by atoms with Crippen molar-refractivity contribution in [3.63, 3.8) is 0 Å². The van der Waals surface area contributed by atoms with Gasteiger partial charge in [0.05, 0.1) is 5.41 Å². The zero-order valence-corrected chi connectivity index (χ0v) is 34.8. The number of nitrogens with one attached hydrogen (secondary N) is 2. The van der Waals surface area contributed by atoms with E-state index in [4.69, 9.17) is 4.99 Å². The summed E-state index contributed by atoms with van der Waals surface area (Å²) in [5.41, 5.74) is 17.2. The Labute approximate surface area is 369 Å². The molecule has 8 aromatic rings. The van der Waals surface area contributed by atoms with Crippen LogP contribution in [0.5, 0.6) is 0 Å². The van der Waals surface area contributed by atoms with E-state index in [-0.39, 0.29) is 18.2 Å². The van der Waals surface area contributed by atoms with Crippen molar-refractivity contribution in [2.75, 3.05) is 0 Å². The molecule has 3 nitrogen and oxygen atoms in total. The van der Waals surface area contributed by atoms with Gasteiger partial charge in [0.25, 0.3) is 0 Å². The van der Waals surface area contributed by atoms with E-state index >= 15 is 0 Å². The molecule has 63 heavy (non-hydrogen) atoms. The highest BCUT2D eigenvalue weighted by Gasteiger charge is 2.46. The molecule has 4 atom stereocenters. The molecule has 1 heterocycles. The molecule has 0 saturated carbocycles. The maximum Gasteiger partial charge on any atom is 0.131 e. The lowest BCUT2D eigenvalue weighted by molar-refractivity contribution is 0.409. The molecule has 12 rings (SSSR count). The fourth-order valence-electron chi connectivity index (χ4n) is 10.7. The molecular weight excluding hydrogens is 763 g/mol. The van der Waals surface area contributed by atoms with Gasteiger partial charge in [-0.05, 0) is 89.5 Å². The lowest BCUT2D eigenvalue weighted by Crippen LogP contribution is -2.44. The number of hydrogen-bond acceptors (Lipinski definition) is 3. The third kappa shape index (κ3) is 6.19. The minimum absolute atomic E-state index is 0.0855. The Kier molecular flexibility index (Phi) is 9.09. The van der Waals surface area contributed by atoms with Crippen LogP contribution in [0.3, 0.4) is 0 Å². The molecule has 4 aliphatic rings. The van der Waals surface area contributed by atoms with E-state index in [1.54, 1.807) is 0 Å². The molecule has 0 radical (unpaired) electrons. The van der Waals surface area contributed by atoms with Crippen LogP contribution in [0.25, 0.3) is 33.0 Å². The van der Waals surface area contributed by atoms with E-state index in [0.29, 0.717) is 0 Å². The first kappa shape index (κ1) is 37.2. The van der Waals surface area contributed by atoms with Gasteiger partial charge in [0, 0.05) is 11.5 Å². The van der Waals surface area contributed by atoms with Crippen LogP contribution >= 0.6 is 0 Å². The molecule has 0 amide bonds. The molecule has 0 spiro atoms. The smallest absolute Gasteiger partial charge is 0.131 e. The number of fused-ring (bicyclic) bond motifs is 6. The number of amidine groups is 1. The first-order valence-corrected chi connectivity index (χ1v) is 22.1. The van der Waals surface area contributed by atoms with Crippen LogP contribution in [0, 0.1) is 5.92 Å². The Bertz CT molecular complexity index is 3180. The monoisotopic (exact) mass is 807 g/mol. The largest absolute Gasteiger partial charge is 0.350 e. The van der Waals surface area contributed by atoms with Gasteiger partial charge in [-0.1, -0.05) is 231 Å². The minimum Gasteiger partial charge on any atom is -0.350 e. The molecule has 2 N–H and O–H groups in total. The maximum absolute atomic E-state index is 5.23. The second-order valence-electron chi connectivity index (χ2n) is 17.0. The second-order valence-corrected chi connectivity index (χ2v) is 17.0. The van der Waals surface area contributed by atoms with Crippen LogP contribution in [0.1, 0.15) is 68.8 Å². The van der Waals surface area contributed by atoms with Crippen molar-refractivity contribution in [1.82, 2.24) is 10.6 Å². The molecule has 0 fully saturated rings.